The second-order valence-corrected chi connectivity index (χ2v) is 6.32. The highest BCUT2D eigenvalue weighted by Crippen LogP contribution is 2.30. The smallest absolute Gasteiger partial charge is 0.203 e. The van der Waals surface area contributed by atoms with Crippen molar-refractivity contribution in [1.29, 1.82) is 0 Å². The highest BCUT2D eigenvalue weighted by molar-refractivity contribution is 5.84. The summed E-state index contributed by atoms with van der Waals surface area (Å²) in [6.45, 7) is 5.82. The summed E-state index contributed by atoms with van der Waals surface area (Å²) in [4.78, 5) is 10.4. The summed E-state index contributed by atoms with van der Waals surface area (Å²) in [5.41, 5.74) is 11.1. The van der Waals surface area contributed by atoms with Crippen molar-refractivity contribution < 1.29 is 4.52 Å². The molecule has 4 rings (SSSR count). The van der Waals surface area contributed by atoms with Crippen molar-refractivity contribution in [3.63, 3.8) is 0 Å². The van der Waals surface area contributed by atoms with Gasteiger partial charge in [0.2, 0.25) is 5.95 Å². The van der Waals surface area contributed by atoms with Gasteiger partial charge in [-0.25, -0.2) is 4.98 Å². The molecular formula is C17H21N5O. The van der Waals surface area contributed by atoms with E-state index in [0.29, 0.717) is 6.04 Å². The van der Waals surface area contributed by atoms with Crippen molar-refractivity contribution in [2.24, 2.45) is 5.73 Å². The van der Waals surface area contributed by atoms with Crippen LogP contribution in [0, 0.1) is 13.8 Å². The highest BCUT2D eigenvalue weighted by Gasteiger charge is 2.19. The van der Waals surface area contributed by atoms with Gasteiger partial charge >= 0.3 is 0 Å². The van der Waals surface area contributed by atoms with Gasteiger partial charge in [0, 0.05) is 24.7 Å². The van der Waals surface area contributed by atoms with E-state index in [1.54, 1.807) is 0 Å². The van der Waals surface area contributed by atoms with Crippen molar-refractivity contribution >= 4 is 17.0 Å². The maximum absolute atomic E-state index is 5.98. The molecule has 0 aliphatic carbocycles. The van der Waals surface area contributed by atoms with E-state index in [1.807, 2.05) is 19.9 Å². The Hall–Kier alpha value is -2.34. The standard InChI is InChI=1S/C17H21N5O/c1-10-16(11(2)23-21-10)12-3-4-14-15(9-12)20-17(19-14)22-7-5-13(18)6-8-22/h3-4,9,13H,5-8,18H2,1-2H3,(H,19,20). The number of nitrogens with zero attached hydrogens (tertiary/aromatic N) is 3. The first-order chi connectivity index (χ1) is 11.1. The average Bonchev–Trinajstić information content (AvgIpc) is 3.10. The minimum atomic E-state index is 0.321. The number of piperidine rings is 1. The molecule has 3 aromatic rings. The molecule has 1 fully saturated rings. The lowest BCUT2D eigenvalue weighted by molar-refractivity contribution is 0.393. The number of nitrogens with one attached hydrogen (secondary N) is 1. The molecular weight excluding hydrogens is 290 g/mol. The van der Waals surface area contributed by atoms with Gasteiger partial charge in [0.25, 0.3) is 0 Å². The van der Waals surface area contributed by atoms with Crippen LogP contribution in [0.3, 0.4) is 0 Å². The van der Waals surface area contributed by atoms with E-state index in [1.165, 1.54) is 0 Å². The zero-order chi connectivity index (χ0) is 16.0. The third-order valence-electron chi connectivity index (χ3n) is 4.63. The van der Waals surface area contributed by atoms with E-state index in [9.17, 15) is 0 Å². The zero-order valence-electron chi connectivity index (χ0n) is 13.5. The lowest BCUT2D eigenvalue weighted by Gasteiger charge is -2.29. The first kappa shape index (κ1) is 14.3. The van der Waals surface area contributed by atoms with Crippen LogP contribution in [0.25, 0.3) is 22.2 Å². The van der Waals surface area contributed by atoms with E-state index in [2.05, 4.69) is 27.2 Å². The molecule has 0 radical (unpaired) electrons. The number of hydrogen-bond acceptors (Lipinski definition) is 5. The van der Waals surface area contributed by atoms with E-state index in [4.69, 9.17) is 15.2 Å². The second-order valence-electron chi connectivity index (χ2n) is 6.32. The van der Waals surface area contributed by atoms with Crippen molar-refractivity contribution in [3.8, 4) is 11.1 Å². The topological polar surface area (TPSA) is 84.0 Å². The number of benzene rings is 1. The Balaban J connectivity index is 1.70. The highest BCUT2D eigenvalue weighted by atomic mass is 16.5. The number of rotatable bonds is 2. The molecule has 0 unspecified atom stereocenters. The van der Waals surface area contributed by atoms with E-state index in [0.717, 1.165) is 65.5 Å². The van der Waals surface area contributed by atoms with Crippen molar-refractivity contribution in [3.05, 3.63) is 29.7 Å². The van der Waals surface area contributed by atoms with Gasteiger partial charge in [-0.1, -0.05) is 11.2 Å². The molecule has 0 atom stereocenters. The number of aromatic nitrogens is 3. The van der Waals surface area contributed by atoms with Crippen LogP contribution >= 0.6 is 0 Å². The predicted octanol–water partition coefficient (Wildman–Crippen LogP) is 2.76. The number of fused-ring (bicyclic) bond motifs is 1. The molecule has 6 nitrogen and oxygen atoms in total. The molecule has 0 amide bonds. The van der Waals surface area contributed by atoms with Crippen LogP contribution in [0.5, 0.6) is 0 Å². The molecule has 1 aliphatic heterocycles. The maximum Gasteiger partial charge on any atom is 0.203 e. The lowest BCUT2D eigenvalue weighted by Crippen LogP contribution is -2.40. The van der Waals surface area contributed by atoms with Gasteiger partial charge in [-0.3, -0.25) is 0 Å². The molecule has 120 valence electrons. The molecule has 1 aliphatic rings. The predicted molar refractivity (Wildman–Crippen MR) is 90.5 cm³/mol. The number of aryl methyl sites for hydroxylation is 2. The minimum Gasteiger partial charge on any atom is -0.361 e. The van der Waals surface area contributed by atoms with Crippen LogP contribution in [0.15, 0.2) is 22.7 Å². The van der Waals surface area contributed by atoms with Crippen LogP contribution < -0.4 is 10.6 Å². The SMILES string of the molecule is Cc1noc(C)c1-c1ccc2nc(N3CCC(N)CC3)[nH]c2c1. The third kappa shape index (κ3) is 2.49. The minimum absolute atomic E-state index is 0.321. The monoisotopic (exact) mass is 311 g/mol. The zero-order valence-corrected chi connectivity index (χ0v) is 13.5. The first-order valence-corrected chi connectivity index (χ1v) is 8.05. The average molecular weight is 311 g/mol. The van der Waals surface area contributed by atoms with Gasteiger partial charge in [0.15, 0.2) is 0 Å². The molecule has 3 heterocycles. The number of imidazole rings is 1. The molecule has 0 spiro atoms. The number of aromatic amines is 1. The summed E-state index contributed by atoms with van der Waals surface area (Å²) >= 11 is 0. The van der Waals surface area contributed by atoms with Crippen molar-refractivity contribution in [1.82, 2.24) is 15.1 Å². The van der Waals surface area contributed by atoms with Crippen molar-refractivity contribution in [2.45, 2.75) is 32.7 Å². The van der Waals surface area contributed by atoms with Gasteiger partial charge in [-0.2, -0.15) is 0 Å². The van der Waals surface area contributed by atoms with E-state index < -0.39 is 0 Å². The number of hydrogen-bond donors (Lipinski definition) is 2. The summed E-state index contributed by atoms with van der Waals surface area (Å²) in [5.74, 6) is 1.77. The van der Waals surface area contributed by atoms with Crippen LogP contribution in [0.2, 0.25) is 0 Å². The fourth-order valence-electron chi connectivity index (χ4n) is 3.31. The Kier molecular flexibility index (Phi) is 3.34. The molecule has 6 heteroatoms. The Morgan fingerprint density at radius 3 is 2.74 bits per heavy atom. The van der Waals surface area contributed by atoms with Crippen LogP contribution in [0.1, 0.15) is 24.3 Å². The quantitative estimate of drug-likeness (QED) is 0.760. The van der Waals surface area contributed by atoms with Crippen molar-refractivity contribution in [2.75, 3.05) is 18.0 Å². The van der Waals surface area contributed by atoms with Crippen LogP contribution in [0.4, 0.5) is 5.95 Å². The summed E-state index contributed by atoms with van der Waals surface area (Å²) < 4.78 is 5.28. The number of H-pyrrole nitrogens is 1. The fraction of sp³-hybridized carbons (Fsp3) is 0.412. The van der Waals surface area contributed by atoms with E-state index in [-0.39, 0.29) is 0 Å². The van der Waals surface area contributed by atoms with E-state index >= 15 is 0 Å². The summed E-state index contributed by atoms with van der Waals surface area (Å²) in [6, 6.07) is 6.56. The molecule has 0 bridgehead atoms. The molecule has 1 aromatic carbocycles. The lowest BCUT2D eigenvalue weighted by atomic mass is 10.0. The summed E-state index contributed by atoms with van der Waals surface area (Å²) in [6.07, 6.45) is 2.03. The molecule has 3 N–H and O–H groups in total. The largest absolute Gasteiger partial charge is 0.361 e. The van der Waals surface area contributed by atoms with Gasteiger partial charge in [-0.15, -0.1) is 0 Å². The van der Waals surface area contributed by atoms with Crippen LogP contribution in [-0.4, -0.2) is 34.3 Å². The van der Waals surface area contributed by atoms with Gasteiger partial charge < -0.3 is 20.1 Å². The van der Waals surface area contributed by atoms with Gasteiger partial charge in [0.05, 0.1) is 16.7 Å². The summed E-state index contributed by atoms with van der Waals surface area (Å²) in [7, 11) is 0. The third-order valence-corrected chi connectivity index (χ3v) is 4.63. The molecule has 2 aromatic heterocycles. The Morgan fingerprint density at radius 2 is 2.04 bits per heavy atom. The second kappa shape index (κ2) is 5.38. The molecule has 0 saturated carbocycles. The normalized spacial score (nSPS) is 16.4. The first-order valence-electron chi connectivity index (χ1n) is 8.05. The van der Waals surface area contributed by atoms with Gasteiger partial charge in [-0.05, 0) is 44.4 Å². The summed E-state index contributed by atoms with van der Waals surface area (Å²) in [5, 5.41) is 4.04. The number of anilines is 1. The molecule has 23 heavy (non-hydrogen) atoms. The van der Waals surface area contributed by atoms with Gasteiger partial charge in [0.1, 0.15) is 5.76 Å². The Morgan fingerprint density at radius 1 is 1.26 bits per heavy atom. The fourth-order valence-corrected chi connectivity index (χ4v) is 3.31. The molecule has 1 saturated heterocycles. The van der Waals surface area contributed by atoms with Crippen LogP contribution in [-0.2, 0) is 0 Å². The Labute approximate surface area is 134 Å². The maximum atomic E-state index is 5.98. The Bertz CT molecular complexity index is 822. The number of nitrogens with two attached hydrogens (primary N) is 1.